The first kappa shape index (κ1) is 10.9. The number of para-hydroxylation sites is 1. The van der Waals surface area contributed by atoms with Crippen molar-refractivity contribution in [2.75, 3.05) is 0 Å². The first-order valence-corrected chi connectivity index (χ1v) is 13.4. The van der Waals surface area contributed by atoms with Gasteiger partial charge in [0, 0.05) is 10.8 Å². The van der Waals surface area contributed by atoms with Crippen molar-refractivity contribution in [3.05, 3.63) is 169 Å². The van der Waals surface area contributed by atoms with Crippen molar-refractivity contribution in [3.63, 3.8) is 0 Å². The highest BCUT2D eigenvalue weighted by molar-refractivity contribution is 6.22. The molecule has 0 bridgehead atoms. The maximum atomic E-state index is 10.2. The molecule has 8 aromatic carbocycles. The smallest absolute Gasteiger partial charge is 0.135 e. The van der Waals surface area contributed by atoms with E-state index in [1.54, 1.807) is 0 Å². The molecule has 0 amide bonds. The van der Waals surface area contributed by atoms with Gasteiger partial charge in [0.25, 0.3) is 0 Å². The zero-order chi connectivity index (χ0) is 51.5. The van der Waals surface area contributed by atoms with E-state index < -0.39 is 228 Å². The van der Waals surface area contributed by atoms with E-state index in [2.05, 4.69) is 0 Å². The van der Waals surface area contributed by atoms with Crippen molar-refractivity contribution in [3.8, 4) is 44.5 Å². The SMILES string of the molecule is [2H]c1cc(-c2c(-c3cc([2H])c4c(-c5c([2H])c([2H])c([2H])c([2H])c5[2H])c5c([2H])c([2H])c([2H])c([2H])c5c(-c5c([2H])c([2H])c6oc7c([2H])c([2H])c([2H])c([2H])c7c6c5[2H])c4c3[2H])cc([2H])c([2H])c2[2H])c([2H])c([2H])c1[2H]. The van der Waals surface area contributed by atoms with E-state index in [0.29, 0.717) is 0 Å². The van der Waals surface area contributed by atoms with Crippen LogP contribution in [0.2, 0.25) is 0 Å². The summed E-state index contributed by atoms with van der Waals surface area (Å²) in [5.41, 5.74) is -5.33. The Kier molecular flexibility index (Phi) is 2.51. The third-order valence-corrected chi connectivity index (χ3v) is 7.30. The number of hydrogen-bond donors (Lipinski definition) is 0. The zero-order valence-corrected chi connectivity index (χ0v) is 22.6. The molecule has 0 N–H and O–H groups in total. The molecule has 1 aromatic heterocycles. The van der Waals surface area contributed by atoms with Gasteiger partial charge in [0.05, 0.1) is 34.3 Å². The molecule has 0 radical (unpaired) electrons. The molecular weight excluding hydrogens is 544 g/mol. The maximum Gasteiger partial charge on any atom is 0.135 e. The molecule has 0 aliphatic rings. The topological polar surface area (TPSA) is 13.1 Å². The van der Waals surface area contributed by atoms with Crippen LogP contribution in [0, 0.1) is 0 Å². The Labute approximate surface area is 296 Å². The molecule has 1 heteroatoms. The standard InChI is InChI=1S/C44H28O/c1-3-13-29(14-4-1)33-17-7-8-18-34(33)31-23-25-38-40(27-31)44(32-24-26-42-39(28-32)35-19-11-12-22-41(35)45-42)37-21-10-9-20-36(37)43(38)30-15-5-2-6-16-30/h1-28H/i1D,2D,3D,4D,5D,6D,7D,8D,9D,10D,11D,12D,13D,15D,16D,17D,19D,20D,21D,22D,24D,25D,26D,27D,28D. The molecule has 0 spiro atoms. The highest BCUT2D eigenvalue weighted by atomic mass is 16.3. The number of benzene rings is 8. The highest BCUT2D eigenvalue weighted by Crippen LogP contribution is 2.46. The van der Waals surface area contributed by atoms with Crippen molar-refractivity contribution in [2.24, 2.45) is 0 Å². The van der Waals surface area contributed by atoms with E-state index in [4.69, 9.17) is 29.1 Å². The van der Waals surface area contributed by atoms with Gasteiger partial charge in [0.1, 0.15) is 11.2 Å². The van der Waals surface area contributed by atoms with Gasteiger partial charge in [-0.15, -0.1) is 0 Å². The van der Waals surface area contributed by atoms with Crippen LogP contribution in [0.15, 0.2) is 174 Å². The zero-order valence-electron chi connectivity index (χ0n) is 47.6. The minimum absolute atomic E-state index is 0.354. The largest absolute Gasteiger partial charge is 0.456 e. The summed E-state index contributed by atoms with van der Waals surface area (Å²) in [6, 6.07) is -17.2. The molecule has 0 saturated heterocycles. The minimum Gasteiger partial charge on any atom is -0.456 e. The predicted octanol–water partition coefficient (Wildman–Crippen LogP) is 12.6. The van der Waals surface area contributed by atoms with Crippen LogP contribution in [0.4, 0.5) is 0 Å². The quantitative estimate of drug-likeness (QED) is 0.184. The van der Waals surface area contributed by atoms with Crippen LogP contribution in [0.5, 0.6) is 0 Å². The molecule has 1 heterocycles. The van der Waals surface area contributed by atoms with Crippen molar-refractivity contribution < 1.29 is 38.7 Å². The van der Waals surface area contributed by atoms with Crippen molar-refractivity contribution in [1.29, 1.82) is 0 Å². The third-order valence-electron chi connectivity index (χ3n) is 7.30. The molecule has 0 atom stereocenters. The van der Waals surface area contributed by atoms with Crippen LogP contribution in [-0.4, -0.2) is 0 Å². The lowest BCUT2D eigenvalue weighted by Gasteiger charge is -2.19. The number of hydrogen-bond acceptors (Lipinski definition) is 1. The number of rotatable bonds is 4. The van der Waals surface area contributed by atoms with E-state index in [-0.39, 0.29) is 11.1 Å². The molecule has 0 saturated carbocycles. The van der Waals surface area contributed by atoms with E-state index >= 15 is 0 Å². The minimum atomic E-state index is -0.948. The summed E-state index contributed by atoms with van der Waals surface area (Å²) < 4.78 is 229. The van der Waals surface area contributed by atoms with Gasteiger partial charge in [-0.2, -0.15) is 0 Å². The maximum absolute atomic E-state index is 10.2. The van der Waals surface area contributed by atoms with Crippen LogP contribution >= 0.6 is 0 Å². The molecule has 1 nitrogen and oxygen atoms in total. The van der Waals surface area contributed by atoms with Gasteiger partial charge in [-0.05, 0) is 90.2 Å². The average Bonchev–Trinajstić information content (AvgIpc) is 3.74. The summed E-state index contributed by atoms with van der Waals surface area (Å²) in [4.78, 5) is 0. The van der Waals surface area contributed by atoms with Crippen LogP contribution in [-0.2, 0) is 0 Å². The molecule has 9 rings (SSSR count). The summed E-state index contributed by atoms with van der Waals surface area (Å²) >= 11 is 0. The summed E-state index contributed by atoms with van der Waals surface area (Å²) in [6.07, 6.45) is 0. The fraction of sp³-hybridized carbons (Fsp3) is 0. The second kappa shape index (κ2) is 10.4. The average molecular weight is 598 g/mol. The van der Waals surface area contributed by atoms with Crippen molar-refractivity contribution >= 4 is 43.5 Å². The van der Waals surface area contributed by atoms with Gasteiger partial charge in [0.15, 0.2) is 0 Å². The first-order chi connectivity index (χ1) is 32.7. The normalized spacial score (nSPS) is 19.3. The molecule has 0 aliphatic carbocycles. The monoisotopic (exact) mass is 597 g/mol. The molecule has 0 fully saturated rings. The molecule has 45 heavy (non-hydrogen) atoms. The Hall–Kier alpha value is -5.92. The summed E-state index contributed by atoms with van der Waals surface area (Å²) in [6.45, 7) is 0. The van der Waals surface area contributed by atoms with Crippen molar-refractivity contribution in [1.82, 2.24) is 0 Å². The number of furan rings is 1. The molecule has 9 aromatic rings. The fourth-order valence-corrected chi connectivity index (χ4v) is 5.40. The molecule has 210 valence electrons. The van der Waals surface area contributed by atoms with Gasteiger partial charge in [-0.25, -0.2) is 0 Å². The Bertz CT molecular complexity index is 3920. The summed E-state index contributed by atoms with van der Waals surface area (Å²) in [7, 11) is 0. The Balaban J connectivity index is 1.65. The van der Waals surface area contributed by atoms with Gasteiger partial charge in [-0.1, -0.05) is 145 Å². The summed E-state index contributed by atoms with van der Waals surface area (Å²) in [5, 5.41) is -3.38. The molecule has 0 aliphatic heterocycles. The molecular formula is C44H28O. The van der Waals surface area contributed by atoms with Crippen LogP contribution in [0.1, 0.15) is 34.3 Å². The number of fused-ring (bicyclic) bond motifs is 5. The van der Waals surface area contributed by atoms with Gasteiger partial charge in [-0.3, -0.25) is 0 Å². The van der Waals surface area contributed by atoms with E-state index in [1.165, 1.54) is 0 Å². The highest BCUT2D eigenvalue weighted by Gasteiger charge is 2.19. The Morgan fingerprint density at radius 3 is 1.78 bits per heavy atom. The van der Waals surface area contributed by atoms with E-state index in [0.717, 1.165) is 18.2 Å². The lowest BCUT2D eigenvalue weighted by atomic mass is 9.84. The molecule has 0 unspecified atom stereocenters. The first-order valence-electron chi connectivity index (χ1n) is 25.9. The van der Waals surface area contributed by atoms with Crippen molar-refractivity contribution in [2.45, 2.75) is 0 Å². The third kappa shape index (κ3) is 4.17. The van der Waals surface area contributed by atoms with Gasteiger partial charge < -0.3 is 4.42 Å². The fourth-order valence-electron chi connectivity index (χ4n) is 5.40. The van der Waals surface area contributed by atoms with Gasteiger partial charge >= 0.3 is 0 Å². The Morgan fingerprint density at radius 2 is 0.933 bits per heavy atom. The Morgan fingerprint density at radius 1 is 0.333 bits per heavy atom. The second-order valence-electron chi connectivity index (χ2n) is 9.74. The van der Waals surface area contributed by atoms with E-state index in [1.807, 2.05) is 0 Å². The van der Waals surface area contributed by atoms with Crippen LogP contribution in [0.25, 0.3) is 88.0 Å². The summed E-state index contributed by atoms with van der Waals surface area (Å²) in [5.74, 6) is 0. The second-order valence-corrected chi connectivity index (χ2v) is 9.74. The van der Waals surface area contributed by atoms with E-state index in [9.17, 15) is 9.60 Å². The predicted molar refractivity (Wildman–Crippen MR) is 190 cm³/mol. The van der Waals surface area contributed by atoms with Crippen LogP contribution < -0.4 is 0 Å². The van der Waals surface area contributed by atoms with Crippen LogP contribution in [0.3, 0.4) is 0 Å². The lowest BCUT2D eigenvalue weighted by Crippen LogP contribution is -1.92. The lowest BCUT2D eigenvalue weighted by molar-refractivity contribution is 0.669. The van der Waals surface area contributed by atoms with Gasteiger partial charge in [0.2, 0.25) is 0 Å².